The minimum absolute atomic E-state index is 0.0457. The highest BCUT2D eigenvalue weighted by atomic mass is 32.1. The van der Waals surface area contributed by atoms with Gasteiger partial charge in [-0.15, -0.1) is 22.7 Å². The first kappa shape index (κ1) is 12.3. The summed E-state index contributed by atoms with van der Waals surface area (Å²) in [7, 11) is 1.71. The summed E-state index contributed by atoms with van der Waals surface area (Å²) in [4.78, 5) is 15.1. The summed E-state index contributed by atoms with van der Waals surface area (Å²) < 4.78 is 0. The van der Waals surface area contributed by atoms with Crippen molar-refractivity contribution in [3.63, 3.8) is 0 Å². The molecule has 3 nitrogen and oxygen atoms in total. The number of aliphatic hydroxyl groups excluding tert-OH is 1. The van der Waals surface area contributed by atoms with E-state index in [0.29, 0.717) is 11.4 Å². The molecule has 0 aliphatic rings. The van der Waals surface area contributed by atoms with Crippen molar-refractivity contribution in [1.29, 1.82) is 0 Å². The van der Waals surface area contributed by atoms with Crippen molar-refractivity contribution in [3.8, 4) is 0 Å². The van der Waals surface area contributed by atoms with Crippen LogP contribution >= 0.6 is 22.7 Å². The third-order valence-corrected chi connectivity index (χ3v) is 4.23. The van der Waals surface area contributed by atoms with Gasteiger partial charge in [0.15, 0.2) is 0 Å². The predicted octanol–water partition coefficient (Wildman–Crippen LogP) is 2.62. The Bertz CT molecular complexity index is 465. The second-order valence-electron chi connectivity index (χ2n) is 3.69. The Morgan fingerprint density at radius 3 is 2.65 bits per heavy atom. The van der Waals surface area contributed by atoms with Gasteiger partial charge in [-0.25, -0.2) is 0 Å². The number of aliphatic hydroxyl groups is 1. The molecule has 2 rings (SSSR count). The molecule has 2 aromatic heterocycles. The number of nitrogens with zero attached hydrogens (tertiary/aromatic N) is 1. The van der Waals surface area contributed by atoms with Gasteiger partial charge in [0.2, 0.25) is 0 Å². The Labute approximate surface area is 108 Å². The fraction of sp³-hybridized carbons (Fsp3) is 0.250. The molecule has 1 atom stereocenters. The van der Waals surface area contributed by atoms with Crippen molar-refractivity contribution in [2.24, 2.45) is 0 Å². The van der Waals surface area contributed by atoms with Gasteiger partial charge in [0.25, 0.3) is 5.91 Å². The molecule has 1 unspecified atom stereocenters. The van der Waals surface area contributed by atoms with E-state index in [9.17, 15) is 9.90 Å². The van der Waals surface area contributed by atoms with Crippen molar-refractivity contribution in [3.05, 3.63) is 44.8 Å². The summed E-state index contributed by atoms with van der Waals surface area (Å²) in [6.45, 7) is 0.317. The maximum absolute atomic E-state index is 11.9. The van der Waals surface area contributed by atoms with Crippen LogP contribution in [0.4, 0.5) is 0 Å². The highest BCUT2D eigenvalue weighted by Gasteiger charge is 2.17. The first-order chi connectivity index (χ1) is 8.18. The van der Waals surface area contributed by atoms with E-state index >= 15 is 0 Å². The lowest BCUT2D eigenvalue weighted by Gasteiger charge is -2.19. The molecule has 0 saturated carbocycles. The van der Waals surface area contributed by atoms with Crippen LogP contribution in [0, 0.1) is 0 Å². The molecule has 0 saturated heterocycles. The number of rotatable bonds is 4. The van der Waals surface area contributed by atoms with Crippen LogP contribution in [0.25, 0.3) is 0 Å². The van der Waals surface area contributed by atoms with Crippen molar-refractivity contribution >= 4 is 28.6 Å². The average Bonchev–Trinajstić information content (AvgIpc) is 3.00. The number of likely N-dealkylation sites (N-methyl/N-ethyl adjacent to an activating group) is 1. The summed E-state index contributed by atoms with van der Waals surface area (Å²) in [6, 6.07) is 7.41. The van der Waals surface area contributed by atoms with Gasteiger partial charge < -0.3 is 10.0 Å². The van der Waals surface area contributed by atoms with E-state index in [2.05, 4.69) is 0 Å². The summed E-state index contributed by atoms with van der Waals surface area (Å²) in [5, 5.41) is 13.7. The number of hydrogen-bond donors (Lipinski definition) is 1. The summed E-state index contributed by atoms with van der Waals surface area (Å²) in [5.74, 6) is -0.0457. The SMILES string of the molecule is CN(CC(O)c1cccs1)C(=O)c1cccs1. The highest BCUT2D eigenvalue weighted by molar-refractivity contribution is 7.12. The van der Waals surface area contributed by atoms with Crippen molar-refractivity contribution in [2.45, 2.75) is 6.10 Å². The third-order valence-electron chi connectivity index (χ3n) is 2.40. The molecule has 1 N–H and O–H groups in total. The second-order valence-corrected chi connectivity index (χ2v) is 5.62. The van der Waals surface area contributed by atoms with Crippen LogP contribution in [0.2, 0.25) is 0 Å². The zero-order valence-electron chi connectivity index (χ0n) is 9.37. The van der Waals surface area contributed by atoms with Crippen LogP contribution in [-0.4, -0.2) is 29.5 Å². The van der Waals surface area contributed by atoms with Crippen molar-refractivity contribution < 1.29 is 9.90 Å². The van der Waals surface area contributed by atoms with Gasteiger partial charge in [-0.3, -0.25) is 4.79 Å². The van der Waals surface area contributed by atoms with Crippen LogP contribution in [0.3, 0.4) is 0 Å². The molecule has 0 fully saturated rings. The fourth-order valence-electron chi connectivity index (χ4n) is 1.50. The van der Waals surface area contributed by atoms with Gasteiger partial charge in [0.05, 0.1) is 11.4 Å². The zero-order chi connectivity index (χ0) is 12.3. The standard InChI is InChI=1S/C12H13NO2S2/c1-13(12(15)11-5-3-7-17-11)8-9(14)10-4-2-6-16-10/h2-7,9,14H,8H2,1H3. The number of amides is 1. The Kier molecular flexibility index (Phi) is 3.93. The molecule has 0 spiro atoms. The summed E-state index contributed by atoms with van der Waals surface area (Å²) in [5.41, 5.74) is 0. The molecular weight excluding hydrogens is 254 g/mol. The Balaban J connectivity index is 1.97. The Morgan fingerprint density at radius 1 is 1.35 bits per heavy atom. The van der Waals surface area contributed by atoms with E-state index in [1.165, 1.54) is 22.7 Å². The normalized spacial score (nSPS) is 12.4. The average molecular weight is 267 g/mol. The van der Waals surface area contributed by atoms with E-state index in [1.807, 2.05) is 29.0 Å². The van der Waals surface area contributed by atoms with Crippen LogP contribution in [0.1, 0.15) is 20.7 Å². The fourth-order valence-corrected chi connectivity index (χ4v) is 2.92. The van der Waals surface area contributed by atoms with Crippen LogP contribution < -0.4 is 0 Å². The number of thiophene rings is 2. The topological polar surface area (TPSA) is 40.5 Å². The van der Waals surface area contributed by atoms with E-state index in [1.54, 1.807) is 18.0 Å². The lowest BCUT2D eigenvalue weighted by molar-refractivity contribution is 0.0690. The maximum Gasteiger partial charge on any atom is 0.263 e. The van der Waals surface area contributed by atoms with E-state index in [4.69, 9.17) is 0 Å². The van der Waals surface area contributed by atoms with Gasteiger partial charge in [0.1, 0.15) is 6.10 Å². The van der Waals surface area contributed by atoms with E-state index < -0.39 is 6.10 Å². The minimum atomic E-state index is -0.607. The van der Waals surface area contributed by atoms with Gasteiger partial charge in [-0.2, -0.15) is 0 Å². The van der Waals surface area contributed by atoms with E-state index in [-0.39, 0.29) is 5.91 Å². The smallest absolute Gasteiger partial charge is 0.263 e. The molecule has 90 valence electrons. The first-order valence-electron chi connectivity index (χ1n) is 5.19. The number of hydrogen-bond acceptors (Lipinski definition) is 4. The molecular formula is C12H13NO2S2. The molecule has 0 radical (unpaired) electrons. The maximum atomic E-state index is 11.9. The lowest BCUT2D eigenvalue weighted by atomic mass is 10.2. The second kappa shape index (κ2) is 5.44. The van der Waals surface area contributed by atoms with Gasteiger partial charge in [-0.1, -0.05) is 12.1 Å². The predicted molar refractivity (Wildman–Crippen MR) is 70.6 cm³/mol. The van der Waals surface area contributed by atoms with Crippen molar-refractivity contribution in [2.75, 3.05) is 13.6 Å². The molecule has 5 heteroatoms. The monoisotopic (exact) mass is 267 g/mol. The molecule has 0 aliphatic heterocycles. The molecule has 0 aliphatic carbocycles. The Morgan fingerprint density at radius 2 is 2.06 bits per heavy atom. The first-order valence-corrected chi connectivity index (χ1v) is 6.95. The lowest BCUT2D eigenvalue weighted by Crippen LogP contribution is -2.30. The number of carbonyl (C=O) groups excluding carboxylic acids is 1. The zero-order valence-corrected chi connectivity index (χ0v) is 11.0. The third kappa shape index (κ3) is 2.94. The van der Waals surface area contributed by atoms with E-state index in [0.717, 1.165) is 4.88 Å². The molecule has 1 amide bonds. The highest BCUT2D eigenvalue weighted by Crippen LogP contribution is 2.20. The molecule has 0 aromatic carbocycles. The summed E-state index contributed by atoms with van der Waals surface area (Å²) >= 11 is 2.91. The molecule has 17 heavy (non-hydrogen) atoms. The quantitative estimate of drug-likeness (QED) is 0.925. The van der Waals surface area contributed by atoms with Crippen LogP contribution in [-0.2, 0) is 0 Å². The van der Waals surface area contributed by atoms with Crippen molar-refractivity contribution in [1.82, 2.24) is 4.90 Å². The van der Waals surface area contributed by atoms with Gasteiger partial charge in [0, 0.05) is 11.9 Å². The van der Waals surface area contributed by atoms with Gasteiger partial charge >= 0.3 is 0 Å². The van der Waals surface area contributed by atoms with Crippen LogP contribution in [0.15, 0.2) is 35.0 Å². The minimum Gasteiger partial charge on any atom is -0.386 e. The molecule has 2 heterocycles. The van der Waals surface area contributed by atoms with Gasteiger partial charge in [-0.05, 0) is 22.9 Å². The Hall–Kier alpha value is -1.17. The number of carbonyl (C=O) groups is 1. The summed E-state index contributed by atoms with van der Waals surface area (Å²) in [6.07, 6.45) is -0.607. The van der Waals surface area contributed by atoms with Crippen LogP contribution in [0.5, 0.6) is 0 Å². The molecule has 0 bridgehead atoms. The largest absolute Gasteiger partial charge is 0.386 e. The molecule has 2 aromatic rings.